The van der Waals surface area contributed by atoms with Gasteiger partial charge in [0, 0.05) is 22.9 Å². The van der Waals surface area contributed by atoms with E-state index in [9.17, 15) is 22.8 Å². The number of rotatable bonds is 6. The van der Waals surface area contributed by atoms with E-state index in [0.717, 1.165) is 39.1 Å². The van der Waals surface area contributed by atoms with Crippen molar-refractivity contribution in [3.63, 3.8) is 0 Å². The number of aromatic nitrogens is 2. The molecule has 2 unspecified atom stereocenters. The summed E-state index contributed by atoms with van der Waals surface area (Å²) < 4.78 is 64.2. The molecular formula is C28H22ClF4N3O3S. The zero-order valence-electron chi connectivity index (χ0n) is 20.9. The molecule has 3 aromatic carbocycles. The quantitative estimate of drug-likeness (QED) is 0.223. The average molecular weight is 592 g/mol. The summed E-state index contributed by atoms with van der Waals surface area (Å²) in [5.41, 5.74) is 3.70. The number of alkyl halides is 3. The van der Waals surface area contributed by atoms with Crippen LogP contribution >= 0.6 is 23.4 Å². The van der Waals surface area contributed by atoms with E-state index >= 15 is 4.39 Å². The topological polar surface area (TPSA) is 79.2 Å². The third-order valence-electron chi connectivity index (χ3n) is 6.77. The van der Waals surface area contributed by atoms with Crippen LogP contribution in [0.15, 0.2) is 81.3 Å². The van der Waals surface area contributed by atoms with Crippen LogP contribution in [-0.2, 0) is 12.7 Å². The van der Waals surface area contributed by atoms with Gasteiger partial charge < -0.3 is 10.5 Å². The van der Waals surface area contributed by atoms with Gasteiger partial charge in [0.05, 0.1) is 40.9 Å². The second kappa shape index (κ2) is 10.8. The van der Waals surface area contributed by atoms with Crippen LogP contribution < -0.4 is 21.7 Å². The lowest BCUT2D eigenvalue weighted by Crippen LogP contribution is -2.44. The van der Waals surface area contributed by atoms with E-state index in [1.54, 1.807) is 48.5 Å². The maximum Gasteiger partial charge on any atom is 0.416 e. The van der Waals surface area contributed by atoms with Gasteiger partial charge in [0.25, 0.3) is 5.56 Å². The molecular weight excluding hydrogens is 570 g/mol. The molecule has 2 heterocycles. The van der Waals surface area contributed by atoms with Gasteiger partial charge in [-0.3, -0.25) is 13.9 Å². The molecule has 1 aromatic heterocycles. The molecule has 5 rings (SSSR count). The van der Waals surface area contributed by atoms with Gasteiger partial charge in [-0.15, -0.1) is 11.8 Å². The standard InChI is InChI=1S/C28H22ClF4N3O3S/c1-39-21-12-5-9-16(24(21)29)22-25(37)35(13-19(34)15-7-3-2-4-8-15)27(38)36-20(14-40-26(22)36)23-17(28(31,32)33)10-6-11-18(23)30/h2-12,19-20H,13-14,34H2,1H3. The summed E-state index contributed by atoms with van der Waals surface area (Å²) in [6.45, 7) is -0.280. The second-order valence-corrected chi connectivity index (χ2v) is 10.5. The highest BCUT2D eigenvalue weighted by atomic mass is 35.5. The summed E-state index contributed by atoms with van der Waals surface area (Å²) in [7, 11) is 1.39. The van der Waals surface area contributed by atoms with E-state index < -0.39 is 46.5 Å². The maximum absolute atomic E-state index is 15.1. The first-order chi connectivity index (χ1) is 19.0. The van der Waals surface area contributed by atoms with Gasteiger partial charge in [0.1, 0.15) is 11.6 Å². The van der Waals surface area contributed by atoms with Crippen LogP contribution in [0.3, 0.4) is 0 Å². The third-order valence-corrected chi connectivity index (χ3v) is 8.32. The molecule has 208 valence electrons. The first-order valence-corrected chi connectivity index (χ1v) is 13.4. The number of halogens is 5. The molecule has 1 aliphatic heterocycles. The lowest BCUT2D eigenvalue weighted by Gasteiger charge is -2.23. The average Bonchev–Trinajstić information content (AvgIpc) is 3.36. The predicted molar refractivity (Wildman–Crippen MR) is 146 cm³/mol. The lowest BCUT2D eigenvalue weighted by atomic mass is 9.99. The fourth-order valence-corrected chi connectivity index (χ4v) is 6.51. The summed E-state index contributed by atoms with van der Waals surface area (Å²) in [5.74, 6) is -0.980. The molecule has 0 saturated carbocycles. The number of hydrogen-bond acceptors (Lipinski definition) is 5. The van der Waals surface area contributed by atoms with E-state index in [1.165, 1.54) is 7.11 Å². The van der Waals surface area contributed by atoms with Crippen molar-refractivity contribution in [2.75, 3.05) is 12.9 Å². The number of ether oxygens (including phenoxy) is 1. The largest absolute Gasteiger partial charge is 0.495 e. The van der Waals surface area contributed by atoms with Crippen molar-refractivity contribution < 1.29 is 22.3 Å². The van der Waals surface area contributed by atoms with Crippen LogP contribution in [0.1, 0.15) is 28.8 Å². The minimum absolute atomic E-state index is 0.0128. The maximum atomic E-state index is 15.1. The Bertz CT molecular complexity index is 1710. The highest BCUT2D eigenvalue weighted by Crippen LogP contribution is 2.46. The van der Waals surface area contributed by atoms with Gasteiger partial charge in [0.15, 0.2) is 0 Å². The first kappa shape index (κ1) is 28.0. The van der Waals surface area contributed by atoms with Crippen LogP contribution in [-0.4, -0.2) is 22.0 Å². The molecule has 0 spiro atoms. The zero-order valence-corrected chi connectivity index (χ0v) is 22.5. The Balaban J connectivity index is 1.80. The molecule has 0 aliphatic carbocycles. The van der Waals surface area contributed by atoms with Crippen LogP contribution in [0.5, 0.6) is 5.75 Å². The zero-order chi connectivity index (χ0) is 28.8. The van der Waals surface area contributed by atoms with Crippen LogP contribution in [0.25, 0.3) is 11.1 Å². The predicted octanol–water partition coefficient (Wildman–Crippen LogP) is 5.89. The summed E-state index contributed by atoms with van der Waals surface area (Å²) in [6.07, 6.45) is -4.88. The first-order valence-electron chi connectivity index (χ1n) is 12.1. The van der Waals surface area contributed by atoms with Crippen LogP contribution in [0, 0.1) is 5.82 Å². The van der Waals surface area contributed by atoms with Gasteiger partial charge in [-0.05, 0) is 23.8 Å². The van der Waals surface area contributed by atoms with Crippen molar-refractivity contribution in [1.82, 2.24) is 9.13 Å². The molecule has 1 aliphatic rings. The minimum Gasteiger partial charge on any atom is -0.495 e. The Kier molecular flexibility index (Phi) is 7.56. The van der Waals surface area contributed by atoms with Crippen molar-refractivity contribution in [3.05, 3.63) is 115 Å². The Morgan fingerprint density at radius 3 is 2.45 bits per heavy atom. The molecule has 0 amide bonds. The molecule has 0 fully saturated rings. The van der Waals surface area contributed by atoms with Crippen molar-refractivity contribution in [1.29, 1.82) is 0 Å². The molecule has 0 bridgehead atoms. The molecule has 0 saturated heterocycles. The van der Waals surface area contributed by atoms with Gasteiger partial charge in [0.2, 0.25) is 0 Å². The monoisotopic (exact) mass is 591 g/mol. The summed E-state index contributed by atoms with van der Waals surface area (Å²) in [6, 6.07) is 14.0. The van der Waals surface area contributed by atoms with Crippen LogP contribution in [0.2, 0.25) is 5.02 Å². The van der Waals surface area contributed by atoms with E-state index in [4.69, 9.17) is 22.1 Å². The number of benzene rings is 3. The number of methoxy groups -OCH3 is 1. The number of thioether (sulfide) groups is 1. The van der Waals surface area contributed by atoms with Crippen LogP contribution in [0.4, 0.5) is 17.6 Å². The third kappa shape index (κ3) is 4.82. The summed E-state index contributed by atoms with van der Waals surface area (Å²) in [5, 5.41) is 0.157. The highest BCUT2D eigenvalue weighted by molar-refractivity contribution is 7.99. The number of nitrogens with zero attached hydrogens (tertiary/aromatic N) is 2. The van der Waals surface area contributed by atoms with Crippen molar-refractivity contribution in [2.24, 2.45) is 5.73 Å². The van der Waals surface area contributed by atoms with Crippen molar-refractivity contribution in [2.45, 2.75) is 29.8 Å². The molecule has 2 N–H and O–H groups in total. The molecule has 4 aromatic rings. The van der Waals surface area contributed by atoms with E-state index in [0.29, 0.717) is 5.56 Å². The number of fused-ring (bicyclic) bond motifs is 1. The smallest absolute Gasteiger partial charge is 0.416 e. The fourth-order valence-electron chi connectivity index (χ4n) is 4.89. The molecule has 2 atom stereocenters. The van der Waals surface area contributed by atoms with Crippen molar-refractivity contribution in [3.8, 4) is 16.9 Å². The Morgan fingerprint density at radius 2 is 1.77 bits per heavy atom. The minimum atomic E-state index is -4.88. The normalized spacial score (nSPS) is 15.6. The molecule has 40 heavy (non-hydrogen) atoms. The van der Waals surface area contributed by atoms with Crippen molar-refractivity contribution >= 4 is 23.4 Å². The highest BCUT2D eigenvalue weighted by Gasteiger charge is 2.41. The van der Waals surface area contributed by atoms with Gasteiger partial charge in [-0.1, -0.05) is 60.1 Å². The molecule has 0 radical (unpaired) electrons. The Hall–Kier alpha value is -3.54. The Morgan fingerprint density at radius 1 is 1.07 bits per heavy atom. The van der Waals surface area contributed by atoms with E-state index in [1.807, 2.05) is 0 Å². The number of hydrogen-bond donors (Lipinski definition) is 1. The fraction of sp³-hybridized carbons (Fsp3) is 0.214. The molecule has 6 nitrogen and oxygen atoms in total. The Labute approximate surface area is 235 Å². The lowest BCUT2D eigenvalue weighted by molar-refractivity contribution is -0.138. The summed E-state index contributed by atoms with van der Waals surface area (Å²) >= 11 is 7.55. The second-order valence-electron chi connectivity index (χ2n) is 9.11. The van der Waals surface area contributed by atoms with E-state index in [2.05, 4.69) is 0 Å². The SMILES string of the molecule is COc1cccc(-c2c3n(c(=O)n(CC(N)c4ccccc4)c2=O)C(c2c(F)cccc2C(F)(F)F)CS3)c1Cl. The van der Waals surface area contributed by atoms with Gasteiger partial charge >= 0.3 is 11.9 Å². The van der Waals surface area contributed by atoms with Gasteiger partial charge in [-0.2, -0.15) is 13.2 Å². The van der Waals surface area contributed by atoms with E-state index in [-0.39, 0.29) is 39.2 Å². The molecule has 12 heteroatoms. The number of nitrogens with two attached hydrogens (primary N) is 1. The van der Waals surface area contributed by atoms with Gasteiger partial charge in [-0.25, -0.2) is 9.18 Å². The summed E-state index contributed by atoms with van der Waals surface area (Å²) in [4.78, 5) is 27.8.